The van der Waals surface area contributed by atoms with Crippen LogP contribution in [0.1, 0.15) is 51.3 Å². The minimum atomic E-state index is 0.165. The molecule has 5 heteroatoms. The summed E-state index contributed by atoms with van der Waals surface area (Å²) in [5, 5.41) is 12.6. The molecule has 1 aromatic heterocycles. The molecule has 2 rings (SSSR count). The van der Waals surface area contributed by atoms with E-state index in [1.54, 1.807) is 0 Å². The van der Waals surface area contributed by atoms with Gasteiger partial charge in [0.25, 0.3) is 0 Å². The fourth-order valence-electron chi connectivity index (χ4n) is 3.08. The van der Waals surface area contributed by atoms with E-state index in [0.29, 0.717) is 12.6 Å². The minimum Gasteiger partial charge on any atom is -0.395 e. The van der Waals surface area contributed by atoms with Crippen LogP contribution in [0.15, 0.2) is 6.07 Å². The van der Waals surface area contributed by atoms with E-state index in [4.69, 9.17) is 4.98 Å². The van der Waals surface area contributed by atoms with Gasteiger partial charge in [0.05, 0.1) is 6.61 Å². The van der Waals surface area contributed by atoms with Crippen LogP contribution in [0.3, 0.4) is 0 Å². The van der Waals surface area contributed by atoms with Gasteiger partial charge in [-0.1, -0.05) is 26.2 Å². The van der Waals surface area contributed by atoms with Crippen LogP contribution in [-0.4, -0.2) is 41.3 Å². The summed E-state index contributed by atoms with van der Waals surface area (Å²) >= 11 is 0. The second-order valence-electron chi connectivity index (χ2n) is 5.74. The lowest BCUT2D eigenvalue weighted by atomic mass is 9.94. The molecule has 0 aromatic carbocycles. The largest absolute Gasteiger partial charge is 0.395 e. The molecule has 0 atom stereocenters. The van der Waals surface area contributed by atoms with E-state index in [1.165, 1.54) is 32.1 Å². The van der Waals surface area contributed by atoms with Gasteiger partial charge in [-0.15, -0.1) is 0 Å². The maximum Gasteiger partial charge on any atom is 0.134 e. The maximum atomic E-state index is 9.43. The first-order valence-corrected chi connectivity index (χ1v) is 8.21. The third-order valence-corrected chi connectivity index (χ3v) is 4.14. The number of nitrogens with zero attached hydrogens (tertiary/aromatic N) is 3. The zero-order valence-electron chi connectivity index (χ0n) is 13.3. The van der Waals surface area contributed by atoms with Crippen molar-refractivity contribution >= 4 is 11.6 Å². The van der Waals surface area contributed by atoms with Crippen molar-refractivity contribution in [1.29, 1.82) is 0 Å². The van der Waals surface area contributed by atoms with Crippen LogP contribution in [0.25, 0.3) is 0 Å². The molecule has 2 N–H and O–H groups in total. The van der Waals surface area contributed by atoms with Crippen molar-refractivity contribution in [3.05, 3.63) is 11.9 Å². The standard InChI is InChI=1S/C16H28N4O/c1-3-7-14-18-15(17-2)12-16(19-14)20(10-11-21)13-8-5-4-6-9-13/h12-13,21H,3-11H2,1-2H3,(H,17,18,19). The number of hydrogen-bond acceptors (Lipinski definition) is 5. The van der Waals surface area contributed by atoms with Gasteiger partial charge in [0.1, 0.15) is 17.5 Å². The Morgan fingerprint density at radius 1 is 1.29 bits per heavy atom. The number of hydrogen-bond donors (Lipinski definition) is 2. The van der Waals surface area contributed by atoms with Crippen molar-refractivity contribution in [2.24, 2.45) is 0 Å². The fourth-order valence-corrected chi connectivity index (χ4v) is 3.08. The molecule has 1 aliphatic carbocycles. The molecule has 0 radical (unpaired) electrons. The number of aliphatic hydroxyl groups excluding tert-OH is 1. The number of aromatic nitrogens is 2. The van der Waals surface area contributed by atoms with Gasteiger partial charge in [0.15, 0.2) is 0 Å². The zero-order chi connectivity index (χ0) is 15.1. The van der Waals surface area contributed by atoms with Crippen molar-refractivity contribution < 1.29 is 5.11 Å². The van der Waals surface area contributed by atoms with Crippen LogP contribution in [0.4, 0.5) is 11.6 Å². The highest BCUT2D eigenvalue weighted by molar-refractivity contribution is 5.50. The Balaban J connectivity index is 2.26. The van der Waals surface area contributed by atoms with Gasteiger partial charge in [-0.05, 0) is 19.3 Å². The molecule has 1 aromatic rings. The molecule has 1 fully saturated rings. The molecule has 0 bridgehead atoms. The fraction of sp³-hybridized carbons (Fsp3) is 0.750. The van der Waals surface area contributed by atoms with E-state index in [-0.39, 0.29) is 6.61 Å². The van der Waals surface area contributed by atoms with Gasteiger partial charge in [-0.2, -0.15) is 0 Å². The molecular formula is C16H28N4O. The molecule has 0 amide bonds. The van der Waals surface area contributed by atoms with Gasteiger partial charge < -0.3 is 15.3 Å². The number of anilines is 2. The highest BCUT2D eigenvalue weighted by atomic mass is 16.3. The third kappa shape index (κ3) is 4.30. The summed E-state index contributed by atoms with van der Waals surface area (Å²) in [5.41, 5.74) is 0. The first-order valence-electron chi connectivity index (χ1n) is 8.21. The third-order valence-electron chi connectivity index (χ3n) is 4.14. The first-order chi connectivity index (χ1) is 10.3. The summed E-state index contributed by atoms with van der Waals surface area (Å²) in [6.07, 6.45) is 8.20. The van der Waals surface area contributed by atoms with Crippen molar-refractivity contribution in [2.75, 3.05) is 30.4 Å². The SMILES string of the molecule is CCCc1nc(NC)cc(N(CCO)C2CCCCC2)n1. The average Bonchev–Trinajstić information content (AvgIpc) is 2.53. The molecule has 118 valence electrons. The summed E-state index contributed by atoms with van der Waals surface area (Å²) in [7, 11) is 1.89. The summed E-state index contributed by atoms with van der Waals surface area (Å²) in [4.78, 5) is 11.5. The second kappa shape index (κ2) is 8.17. The monoisotopic (exact) mass is 292 g/mol. The van der Waals surface area contributed by atoms with E-state index in [1.807, 2.05) is 13.1 Å². The molecule has 0 unspecified atom stereocenters. The van der Waals surface area contributed by atoms with Crippen LogP contribution in [0.2, 0.25) is 0 Å². The van der Waals surface area contributed by atoms with Crippen LogP contribution in [-0.2, 0) is 6.42 Å². The normalized spacial score (nSPS) is 16.0. The molecule has 21 heavy (non-hydrogen) atoms. The van der Waals surface area contributed by atoms with E-state index in [9.17, 15) is 5.11 Å². The maximum absolute atomic E-state index is 9.43. The lowest BCUT2D eigenvalue weighted by Crippen LogP contribution is -2.39. The molecule has 1 aliphatic rings. The van der Waals surface area contributed by atoms with Crippen molar-refractivity contribution in [3.8, 4) is 0 Å². The molecule has 1 heterocycles. The quantitative estimate of drug-likeness (QED) is 0.809. The van der Waals surface area contributed by atoms with E-state index in [0.717, 1.165) is 30.3 Å². The smallest absolute Gasteiger partial charge is 0.134 e. The van der Waals surface area contributed by atoms with Crippen LogP contribution in [0.5, 0.6) is 0 Å². The number of aryl methyl sites for hydroxylation is 1. The summed E-state index contributed by atoms with van der Waals surface area (Å²) < 4.78 is 0. The Morgan fingerprint density at radius 2 is 2.05 bits per heavy atom. The van der Waals surface area contributed by atoms with Gasteiger partial charge in [-0.25, -0.2) is 9.97 Å². The molecular weight excluding hydrogens is 264 g/mol. The molecule has 0 saturated heterocycles. The van der Waals surface area contributed by atoms with E-state index < -0.39 is 0 Å². The zero-order valence-corrected chi connectivity index (χ0v) is 13.3. The molecule has 1 saturated carbocycles. The minimum absolute atomic E-state index is 0.165. The highest BCUT2D eigenvalue weighted by Crippen LogP contribution is 2.27. The molecule has 0 aliphatic heterocycles. The summed E-state index contributed by atoms with van der Waals surface area (Å²) in [6.45, 7) is 2.95. The highest BCUT2D eigenvalue weighted by Gasteiger charge is 2.22. The van der Waals surface area contributed by atoms with E-state index >= 15 is 0 Å². The summed E-state index contributed by atoms with van der Waals surface area (Å²) in [6, 6.07) is 2.50. The second-order valence-corrected chi connectivity index (χ2v) is 5.74. The van der Waals surface area contributed by atoms with E-state index in [2.05, 4.69) is 22.1 Å². The Morgan fingerprint density at radius 3 is 2.67 bits per heavy atom. The van der Waals surface area contributed by atoms with Gasteiger partial charge in [0, 0.05) is 32.1 Å². The number of aliphatic hydroxyl groups is 1. The Hall–Kier alpha value is -1.36. The van der Waals surface area contributed by atoms with Crippen LogP contribution >= 0.6 is 0 Å². The number of rotatable bonds is 7. The molecule has 0 spiro atoms. The Labute approximate surface area is 127 Å². The summed E-state index contributed by atoms with van der Waals surface area (Å²) in [5.74, 6) is 2.71. The lowest BCUT2D eigenvalue weighted by Gasteiger charge is -2.35. The average molecular weight is 292 g/mol. The van der Waals surface area contributed by atoms with Crippen molar-refractivity contribution in [1.82, 2.24) is 9.97 Å². The number of nitrogens with one attached hydrogen (secondary N) is 1. The lowest BCUT2D eigenvalue weighted by molar-refractivity contribution is 0.289. The Kier molecular flexibility index (Phi) is 6.23. The van der Waals surface area contributed by atoms with Gasteiger partial charge in [0.2, 0.25) is 0 Å². The van der Waals surface area contributed by atoms with Crippen LogP contribution in [0, 0.1) is 0 Å². The Bertz CT molecular complexity index is 432. The van der Waals surface area contributed by atoms with Crippen LogP contribution < -0.4 is 10.2 Å². The van der Waals surface area contributed by atoms with Gasteiger partial charge in [-0.3, -0.25) is 0 Å². The topological polar surface area (TPSA) is 61.3 Å². The van der Waals surface area contributed by atoms with Crippen molar-refractivity contribution in [3.63, 3.8) is 0 Å². The predicted octanol–water partition coefficient (Wildman–Crippen LogP) is 2.60. The van der Waals surface area contributed by atoms with Crippen molar-refractivity contribution in [2.45, 2.75) is 57.9 Å². The first kappa shape index (κ1) is 16.0. The molecule has 5 nitrogen and oxygen atoms in total. The van der Waals surface area contributed by atoms with Gasteiger partial charge >= 0.3 is 0 Å². The predicted molar refractivity (Wildman–Crippen MR) is 86.9 cm³/mol.